The summed E-state index contributed by atoms with van der Waals surface area (Å²) in [5, 5.41) is 0. The number of rotatable bonds is 8. The molecule has 1 heterocycles. The molecule has 0 aromatic carbocycles. The van der Waals surface area contributed by atoms with Crippen LogP contribution >= 0.6 is 0 Å². The summed E-state index contributed by atoms with van der Waals surface area (Å²) in [5.74, 6) is 0.714. The first-order valence-corrected chi connectivity index (χ1v) is 7.25. The molecule has 0 fully saturated rings. The fraction of sp³-hybridized carbons (Fsp3) is 0.625. The zero-order chi connectivity index (χ0) is 15.1. The summed E-state index contributed by atoms with van der Waals surface area (Å²) in [6.45, 7) is 11.4. The lowest BCUT2D eigenvalue weighted by Gasteiger charge is -2.25. The van der Waals surface area contributed by atoms with Crippen molar-refractivity contribution in [2.45, 2.75) is 34.1 Å². The van der Waals surface area contributed by atoms with Crippen LogP contribution < -0.4 is 0 Å². The molecule has 4 heteroatoms. The molecule has 0 spiro atoms. The van der Waals surface area contributed by atoms with Crippen LogP contribution in [0.5, 0.6) is 0 Å². The van der Waals surface area contributed by atoms with E-state index in [0.717, 1.165) is 25.8 Å². The Morgan fingerprint density at radius 3 is 2.25 bits per heavy atom. The monoisotopic (exact) mass is 280 g/mol. The number of carbonyl (C=O) groups excluding carboxylic acids is 1. The molecule has 3 nitrogen and oxygen atoms in total. The highest BCUT2D eigenvalue weighted by atomic mass is 19.1. The van der Waals surface area contributed by atoms with E-state index in [2.05, 4.69) is 37.6 Å². The number of aromatic nitrogens is 1. The van der Waals surface area contributed by atoms with Gasteiger partial charge in [-0.3, -0.25) is 9.78 Å². The normalized spacial score (nSPS) is 11.6. The summed E-state index contributed by atoms with van der Waals surface area (Å²) < 4.78 is 12.8. The predicted molar refractivity (Wildman–Crippen MR) is 79.3 cm³/mol. The van der Waals surface area contributed by atoms with E-state index in [1.54, 1.807) is 0 Å². The van der Waals surface area contributed by atoms with Crippen molar-refractivity contribution >= 4 is 5.78 Å². The van der Waals surface area contributed by atoms with Gasteiger partial charge < -0.3 is 4.90 Å². The van der Waals surface area contributed by atoms with Gasteiger partial charge in [-0.05, 0) is 24.0 Å². The summed E-state index contributed by atoms with van der Waals surface area (Å²) in [6.07, 6.45) is 1.52. The van der Waals surface area contributed by atoms with E-state index in [1.165, 1.54) is 12.1 Å². The molecule has 112 valence electrons. The largest absolute Gasteiger partial charge is 0.302 e. The van der Waals surface area contributed by atoms with Crippen LogP contribution in [0.1, 0.15) is 44.6 Å². The molecule has 20 heavy (non-hydrogen) atoms. The molecule has 1 aromatic heterocycles. The van der Waals surface area contributed by atoms with Crippen molar-refractivity contribution in [1.82, 2.24) is 9.88 Å². The first-order valence-electron chi connectivity index (χ1n) is 7.25. The third-order valence-corrected chi connectivity index (χ3v) is 2.91. The van der Waals surface area contributed by atoms with Gasteiger partial charge in [0, 0.05) is 26.1 Å². The Bertz CT molecular complexity index is 405. The summed E-state index contributed by atoms with van der Waals surface area (Å²) in [6, 6.07) is 2.73. The van der Waals surface area contributed by atoms with E-state index >= 15 is 0 Å². The quantitative estimate of drug-likeness (QED) is 0.684. The summed E-state index contributed by atoms with van der Waals surface area (Å²) in [5.41, 5.74) is 0.348. The van der Waals surface area contributed by atoms with Crippen molar-refractivity contribution in [2.24, 2.45) is 11.8 Å². The molecule has 1 aromatic rings. The Labute approximate surface area is 121 Å². The number of carbonyl (C=O) groups is 1. The first kappa shape index (κ1) is 16.8. The standard InChI is InChI=1S/C16H25FN2O/c1-12(2)10-19(11-13(3)4)8-7-16(20)15-6-5-14(17)9-18-15/h5-6,9,12-13H,7-8,10-11H2,1-4H3. The van der Waals surface area contributed by atoms with Gasteiger partial charge in [0.25, 0.3) is 0 Å². The van der Waals surface area contributed by atoms with Gasteiger partial charge in [-0.15, -0.1) is 0 Å². The molecule has 0 radical (unpaired) electrons. The highest BCUT2D eigenvalue weighted by Crippen LogP contribution is 2.07. The second-order valence-electron chi connectivity index (χ2n) is 6.08. The topological polar surface area (TPSA) is 33.2 Å². The molecular weight excluding hydrogens is 255 g/mol. The number of nitrogens with zero attached hydrogens (tertiary/aromatic N) is 2. The van der Waals surface area contributed by atoms with E-state index in [9.17, 15) is 9.18 Å². The van der Waals surface area contributed by atoms with E-state index in [0.29, 0.717) is 24.0 Å². The molecule has 0 amide bonds. The fourth-order valence-corrected chi connectivity index (χ4v) is 2.22. The number of halogens is 1. The summed E-state index contributed by atoms with van der Waals surface area (Å²) in [7, 11) is 0. The van der Waals surface area contributed by atoms with Gasteiger partial charge in [0.1, 0.15) is 11.5 Å². The highest BCUT2D eigenvalue weighted by Gasteiger charge is 2.13. The molecule has 0 atom stereocenters. The van der Waals surface area contributed by atoms with Gasteiger partial charge in [-0.1, -0.05) is 27.7 Å². The van der Waals surface area contributed by atoms with Crippen molar-refractivity contribution in [3.05, 3.63) is 29.8 Å². The minimum atomic E-state index is -0.414. The van der Waals surface area contributed by atoms with E-state index in [4.69, 9.17) is 0 Å². The molecule has 0 bridgehead atoms. The van der Waals surface area contributed by atoms with Crippen LogP contribution in [-0.2, 0) is 0 Å². The number of hydrogen-bond acceptors (Lipinski definition) is 3. The molecule has 0 unspecified atom stereocenters. The average Bonchev–Trinajstić information content (AvgIpc) is 2.35. The van der Waals surface area contributed by atoms with E-state index in [1.807, 2.05) is 0 Å². The average molecular weight is 280 g/mol. The maximum absolute atomic E-state index is 12.8. The van der Waals surface area contributed by atoms with Crippen LogP contribution in [0.2, 0.25) is 0 Å². The highest BCUT2D eigenvalue weighted by molar-refractivity contribution is 5.94. The Morgan fingerprint density at radius 1 is 1.20 bits per heavy atom. The molecule has 1 rings (SSSR count). The van der Waals surface area contributed by atoms with Crippen molar-refractivity contribution in [3.8, 4) is 0 Å². The minimum Gasteiger partial charge on any atom is -0.302 e. The van der Waals surface area contributed by atoms with Crippen LogP contribution in [0.4, 0.5) is 4.39 Å². The maximum Gasteiger partial charge on any atom is 0.182 e. The van der Waals surface area contributed by atoms with Crippen molar-refractivity contribution in [3.63, 3.8) is 0 Å². The molecule has 0 aliphatic heterocycles. The molecule has 0 aliphatic rings. The third-order valence-electron chi connectivity index (χ3n) is 2.91. The second kappa shape index (κ2) is 8.10. The maximum atomic E-state index is 12.8. The van der Waals surface area contributed by atoms with Gasteiger partial charge in [-0.25, -0.2) is 4.39 Å². The van der Waals surface area contributed by atoms with Gasteiger partial charge in [0.15, 0.2) is 5.78 Å². The Balaban J connectivity index is 2.53. The molecule has 0 saturated carbocycles. The van der Waals surface area contributed by atoms with Crippen LogP contribution in [0.3, 0.4) is 0 Å². The van der Waals surface area contributed by atoms with E-state index < -0.39 is 5.82 Å². The Kier molecular flexibility index (Phi) is 6.79. The Hall–Kier alpha value is -1.29. The zero-order valence-electron chi connectivity index (χ0n) is 12.9. The summed E-state index contributed by atoms with van der Waals surface area (Å²) in [4.78, 5) is 18.2. The molecule has 0 aliphatic carbocycles. The molecule has 0 N–H and O–H groups in total. The lowest BCUT2D eigenvalue weighted by atomic mass is 10.1. The van der Waals surface area contributed by atoms with Crippen molar-refractivity contribution < 1.29 is 9.18 Å². The lowest BCUT2D eigenvalue weighted by molar-refractivity contribution is 0.0951. The smallest absolute Gasteiger partial charge is 0.182 e. The van der Waals surface area contributed by atoms with Gasteiger partial charge in [-0.2, -0.15) is 0 Å². The van der Waals surface area contributed by atoms with Crippen LogP contribution in [0.15, 0.2) is 18.3 Å². The van der Waals surface area contributed by atoms with Gasteiger partial charge in [0.05, 0.1) is 6.20 Å². The SMILES string of the molecule is CC(C)CN(CCC(=O)c1ccc(F)cn1)CC(C)C. The van der Waals surface area contributed by atoms with Crippen LogP contribution in [0.25, 0.3) is 0 Å². The third kappa shape index (κ3) is 6.24. The lowest BCUT2D eigenvalue weighted by Crippen LogP contribution is -2.33. The van der Waals surface area contributed by atoms with Gasteiger partial charge >= 0.3 is 0 Å². The van der Waals surface area contributed by atoms with Gasteiger partial charge in [0.2, 0.25) is 0 Å². The zero-order valence-corrected chi connectivity index (χ0v) is 12.9. The molecule has 0 saturated heterocycles. The summed E-state index contributed by atoms with van der Waals surface area (Å²) >= 11 is 0. The number of hydrogen-bond donors (Lipinski definition) is 0. The first-order chi connectivity index (χ1) is 9.38. The number of Topliss-reactive ketones (excluding diaryl/α,β-unsaturated/α-hetero) is 1. The minimum absolute atomic E-state index is 0.0255. The van der Waals surface area contributed by atoms with E-state index in [-0.39, 0.29) is 5.78 Å². The number of ketones is 1. The molecular formula is C16H25FN2O. The second-order valence-corrected chi connectivity index (χ2v) is 6.08. The van der Waals surface area contributed by atoms with Crippen molar-refractivity contribution in [2.75, 3.05) is 19.6 Å². The van der Waals surface area contributed by atoms with Crippen LogP contribution in [-0.4, -0.2) is 35.3 Å². The Morgan fingerprint density at radius 2 is 1.80 bits per heavy atom. The van der Waals surface area contributed by atoms with Crippen LogP contribution in [0, 0.1) is 17.7 Å². The number of pyridine rings is 1. The predicted octanol–water partition coefficient (Wildman–Crippen LogP) is 3.41. The fourth-order valence-electron chi connectivity index (χ4n) is 2.22. The van der Waals surface area contributed by atoms with Crippen molar-refractivity contribution in [1.29, 1.82) is 0 Å².